The zero-order valence-electron chi connectivity index (χ0n) is 16.2. The van der Waals surface area contributed by atoms with Crippen molar-refractivity contribution in [1.29, 1.82) is 0 Å². The summed E-state index contributed by atoms with van der Waals surface area (Å²) in [5, 5.41) is 1.31. The highest BCUT2D eigenvalue weighted by atomic mass is 35.5. The Hall–Kier alpha value is -2.58. The minimum atomic E-state index is -0.0705. The molecule has 1 aliphatic heterocycles. The Kier molecular flexibility index (Phi) is 5.73. The largest absolute Gasteiger partial charge is 0.493 e. The lowest BCUT2D eigenvalue weighted by atomic mass is 10.1. The summed E-state index contributed by atoms with van der Waals surface area (Å²) in [6.45, 7) is 4.98. The van der Waals surface area contributed by atoms with E-state index < -0.39 is 0 Å². The van der Waals surface area contributed by atoms with E-state index in [1.165, 1.54) is 7.11 Å². The predicted octanol–water partition coefficient (Wildman–Crippen LogP) is 3.71. The number of methoxy groups -OCH3 is 1. The van der Waals surface area contributed by atoms with Crippen LogP contribution in [0.15, 0.2) is 30.5 Å². The zero-order chi connectivity index (χ0) is 20.4. The highest BCUT2D eigenvalue weighted by Gasteiger charge is 2.25. The predicted molar refractivity (Wildman–Crippen MR) is 115 cm³/mol. The van der Waals surface area contributed by atoms with Crippen molar-refractivity contribution in [1.82, 2.24) is 14.9 Å². The fourth-order valence-electron chi connectivity index (χ4n) is 3.30. The minimum Gasteiger partial charge on any atom is -0.493 e. The molecule has 0 saturated carbocycles. The van der Waals surface area contributed by atoms with Crippen LogP contribution in [0, 0.1) is 0 Å². The van der Waals surface area contributed by atoms with Crippen LogP contribution in [0.2, 0.25) is 5.02 Å². The number of ether oxygens (including phenoxy) is 2. The molecule has 1 saturated heterocycles. The number of fused-ring (bicyclic) bond motifs is 1. The van der Waals surface area contributed by atoms with Gasteiger partial charge < -0.3 is 19.3 Å². The third-order valence-corrected chi connectivity index (χ3v) is 6.08. The molecule has 3 aromatic rings. The Bertz CT molecular complexity index is 1000. The summed E-state index contributed by atoms with van der Waals surface area (Å²) in [5.74, 6) is 0.852. The molecule has 1 fully saturated rings. The van der Waals surface area contributed by atoms with E-state index in [0.29, 0.717) is 54.9 Å². The SMILES string of the molecule is CCOc1c(Cl)cc(C(=O)N2CCN(c3nc4cccnc4s3)CC2)cc1OC. The number of halogens is 1. The Morgan fingerprint density at radius 1 is 1.28 bits per heavy atom. The van der Waals surface area contributed by atoms with Gasteiger partial charge in [0.1, 0.15) is 10.3 Å². The number of benzene rings is 1. The van der Waals surface area contributed by atoms with Gasteiger partial charge in [-0.2, -0.15) is 0 Å². The smallest absolute Gasteiger partial charge is 0.254 e. The van der Waals surface area contributed by atoms with Crippen LogP contribution in [0.1, 0.15) is 17.3 Å². The molecule has 4 rings (SSSR count). The van der Waals surface area contributed by atoms with E-state index in [9.17, 15) is 4.79 Å². The van der Waals surface area contributed by atoms with E-state index in [1.54, 1.807) is 29.7 Å². The summed E-state index contributed by atoms with van der Waals surface area (Å²) < 4.78 is 10.9. The van der Waals surface area contributed by atoms with Gasteiger partial charge in [0.2, 0.25) is 0 Å². The summed E-state index contributed by atoms with van der Waals surface area (Å²) in [5.41, 5.74) is 1.40. The van der Waals surface area contributed by atoms with Crippen molar-refractivity contribution in [2.75, 3.05) is 44.8 Å². The first-order valence-electron chi connectivity index (χ1n) is 9.36. The van der Waals surface area contributed by atoms with Crippen LogP contribution < -0.4 is 14.4 Å². The van der Waals surface area contributed by atoms with Crippen molar-refractivity contribution in [3.8, 4) is 11.5 Å². The molecule has 0 atom stereocenters. The van der Waals surface area contributed by atoms with Crippen molar-refractivity contribution in [3.63, 3.8) is 0 Å². The van der Waals surface area contributed by atoms with Gasteiger partial charge in [0.15, 0.2) is 16.6 Å². The Morgan fingerprint density at radius 2 is 2.07 bits per heavy atom. The highest BCUT2D eigenvalue weighted by molar-refractivity contribution is 7.21. The van der Waals surface area contributed by atoms with Crippen molar-refractivity contribution in [2.24, 2.45) is 0 Å². The normalized spacial score (nSPS) is 14.3. The first kappa shape index (κ1) is 19.7. The molecule has 9 heteroatoms. The molecule has 29 heavy (non-hydrogen) atoms. The lowest BCUT2D eigenvalue weighted by Crippen LogP contribution is -2.48. The zero-order valence-corrected chi connectivity index (χ0v) is 17.8. The summed E-state index contributed by atoms with van der Waals surface area (Å²) in [4.78, 5) is 27.0. The van der Waals surface area contributed by atoms with Crippen molar-refractivity contribution >= 4 is 44.3 Å². The molecule has 0 unspecified atom stereocenters. The second kappa shape index (κ2) is 8.42. The maximum absolute atomic E-state index is 13.0. The van der Waals surface area contributed by atoms with E-state index in [4.69, 9.17) is 21.1 Å². The topological polar surface area (TPSA) is 67.8 Å². The molecule has 2 aromatic heterocycles. The van der Waals surface area contributed by atoms with E-state index in [2.05, 4.69) is 14.9 Å². The van der Waals surface area contributed by atoms with Crippen LogP contribution in [0.25, 0.3) is 10.3 Å². The molecule has 0 spiro atoms. The molecule has 1 aromatic carbocycles. The number of piperazine rings is 1. The first-order chi connectivity index (χ1) is 14.1. The number of hydrogen-bond acceptors (Lipinski definition) is 7. The van der Waals surface area contributed by atoms with E-state index >= 15 is 0 Å². The van der Waals surface area contributed by atoms with Crippen LogP contribution in [0.4, 0.5) is 5.13 Å². The fourth-order valence-corrected chi connectivity index (χ4v) is 4.53. The van der Waals surface area contributed by atoms with Crippen LogP contribution in [-0.4, -0.2) is 60.7 Å². The molecule has 1 amide bonds. The van der Waals surface area contributed by atoms with Crippen LogP contribution >= 0.6 is 22.9 Å². The first-order valence-corrected chi connectivity index (χ1v) is 10.6. The summed E-state index contributed by atoms with van der Waals surface area (Å²) in [6.07, 6.45) is 1.77. The number of aromatic nitrogens is 2. The molecule has 0 aliphatic carbocycles. The van der Waals surface area contributed by atoms with Gasteiger partial charge in [-0.25, -0.2) is 9.97 Å². The number of thiazole rings is 1. The number of rotatable bonds is 5. The van der Waals surface area contributed by atoms with Gasteiger partial charge in [-0.1, -0.05) is 22.9 Å². The maximum Gasteiger partial charge on any atom is 0.254 e. The third-order valence-electron chi connectivity index (χ3n) is 4.76. The lowest BCUT2D eigenvalue weighted by Gasteiger charge is -2.34. The van der Waals surface area contributed by atoms with Crippen molar-refractivity contribution in [3.05, 3.63) is 41.0 Å². The quantitative estimate of drug-likeness (QED) is 0.612. The van der Waals surface area contributed by atoms with Gasteiger partial charge in [-0.15, -0.1) is 0 Å². The number of nitrogens with zero attached hydrogens (tertiary/aromatic N) is 4. The number of anilines is 1. The minimum absolute atomic E-state index is 0.0705. The molecule has 152 valence electrons. The molecule has 0 bridgehead atoms. The fraction of sp³-hybridized carbons (Fsp3) is 0.350. The summed E-state index contributed by atoms with van der Waals surface area (Å²) in [7, 11) is 1.54. The summed E-state index contributed by atoms with van der Waals surface area (Å²) >= 11 is 7.90. The lowest BCUT2D eigenvalue weighted by molar-refractivity contribution is 0.0746. The Labute approximate surface area is 177 Å². The van der Waals surface area contributed by atoms with E-state index in [-0.39, 0.29) is 5.91 Å². The second-order valence-corrected chi connectivity index (χ2v) is 7.89. The van der Waals surface area contributed by atoms with Gasteiger partial charge >= 0.3 is 0 Å². The van der Waals surface area contributed by atoms with Gasteiger partial charge in [0.25, 0.3) is 5.91 Å². The van der Waals surface area contributed by atoms with E-state index in [1.807, 2.05) is 24.0 Å². The number of hydrogen-bond donors (Lipinski definition) is 0. The average Bonchev–Trinajstić information content (AvgIpc) is 3.19. The standard InChI is InChI=1S/C20H21ClN4O3S/c1-3-28-17-14(21)11-13(12-16(17)27-2)19(26)24-7-9-25(10-8-24)20-23-15-5-4-6-22-18(15)29-20/h4-6,11-12H,3,7-10H2,1-2H3. The number of carbonyl (C=O) groups is 1. The molecule has 0 radical (unpaired) electrons. The maximum atomic E-state index is 13.0. The molecule has 0 N–H and O–H groups in total. The highest BCUT2D eigenvalue weighted by Crippen LogP contribution is 2.37. The van der Waals surface area contributed by atoms with Crippen molar-refractivity contribution < 1.29 is 14.3 Å². The van der Waals surface area contributed by atoms with E-state index in [0.717, 1.165) is 15.5 Å². The van der Waals surface area contributed by atoms with Gasteiger partial charge in [0, 0.05) is 37.9 Å². The van der Waals surface area contributed by atoms with Crippen molar-refractivity contribution in [2.45, 2.75) is 6.92 Å². The van der Waals surface area contributed by atoms with Gasteiger partial charge in [-0.05, 0) is 31.2 Å². The van der Waals surface area contributed by atoms with Gasteiger partial charge in [0.05, 0.1) is 18.7 Å². The molecule has 1 aliphatic rings. The van der Waals surface area contributed by atoms with Crippen LogP contribution in [-0.2, 0) is 0 Å². The van der Waals surface area contributed by atoms with Gasteiger partial charge in [-0.3, -0.25) is 4.79 Å². The molecule has 7 nitrogen and oxygen atoms in total. The average molecular weight is 433 g/mol. The monoisotopic (exact) mass is 432 g/mol. The molecular formula is C20H21ClN4O3S. The second-order valence-electron chi connectivity index (χ2n) is 6.53. The Morgan fingerprint density at radius 3 is 2.76 bits per heavy atom. The van der Waals surface area contributed by atoms with Crippen LogP contribution in [0.3, 0.4) is 0 Å². The number of carbonyl (C=O) groups excluding carboxylic acids is 1. The molecule has 3 heterocycles. The molecular weight excluding hydrogens is 412 g/mol. The summed E-state index contributed by atoms with van der Waals surface area (Å²) in [6, 6.07) is 7.18. The Balaban J connectivity index is 1.47. The number of pyridine rings is 1. The number of amides is 1. The third kappa shape index (κ3) is 3.95. The van der Waals surface area contributed by atoms with Crippen LogP contribution in [0.5, 0.6) is 11.5 Å².